The molecule has 6 atom stereocenters. The van der Waals surface area contributed by atoms with Crippen molar-refractivity contribution in [3.63, 3.8) is 0 Å². The number of carboxylic acids is 1. The van der Waals surface area contributed by atoms with E-state index in [-0.39, 0.29) is 37.6 Å². The standard InChI is InChI=1S/C30H43N5O7/c1-3-19(2)26(30(42)34-15-7-11-21(34)18-36)33-28(40)24-12-8-16-35(24)29(41)23(13-14-25(37)38)32-27(39)22(31)17-20-9-5-4-6-10-20/h4-6,9-10,18-19,21-24,26H,3,7-8,11-17,31H2,1-2H3,(H,32,39)(H,33,40)(H,37,38)/t19-,21-,22-,23-,24-,26-/m0/s1. The van der Waals surface area contributed by atoms with Crippen LogP contribution < -0.4 is 16.4 Å². The summed E-state index contributed by atoms with van der Waals surface area (Å²) in [5.41, 5.74) is 6.94. The molecule has 4 amide bonds. The van der Waals surface area contributed by atoms with Gasteiger partial charge in [0.1, 0.15) is 24.4 Å². The van der Waals surface area contributed by atoms with Crippen LogP contribution in [-0.2, 0) is 35.2 Å². The lowest BCUT2D eigenvalue weighted by atomic mass is 9.96. The lowest BCUT2D eigenvalue weighted by Gasteiger charge is -2.33. The molecule has 0 unspecified atom stereocenters. The number of carboxylic acid groups (broad SMARTS) is 1. The number of benzene rings is 1. The topological polar surface area (TPSA) is 179 Å². The number of nitrogens with two attached hydrogens (primary N) is 1. The fourth-order valence-corrected chi connectivity index (χ4v) is 5.59. The van der Waals surface area contributed by atoms with Crippen LogP contribution in [-0.4, -0.2) is 94.1 Å². The average molecular weight is 586 g/mol. The number of carbonyl (C=O) groups is 6. The maximum absolute atomic E-state index is 13.7. The summed E-state index contributed by atoms with van der Waals surface area (Å²) in [4.78, 5) is 79.3. The van der Waals surface area contributed by atoms with Gasteiger partial charge in [0, 0.05) is 19.5 Å². The molecule has 1 aromatic rings. The second-order valence-electron chi connectivity index (χ2n) is 11.2. The van der Waals surface area contributed by atoms with Crippen molar-refractivity contribution in [2.24, 2.45) is 11.7 Å². The number of rotatable bonds is 14. The van der Waals surface area contributed by atoms with Crippen LogP contribution in [0, 0.1) is 5.92 Å². The average Bonchev–Trinajstić information content (AvgIpc) is 3.67. The summed E-state index contributed by atoms with van der Waals surface area (Å²) in [5, 5.41) is 14.7. The molecule has 2 heterocycles. The summed E-state index contributed by atoms with van der Waals surface area (Å²) in [7, 11) is 0. The molecule has 5 N–H and O–H groups in total. The monoisotopic (exact) mass is 585 g/mol. The summed E-state index contributed by atoms with van der Waals surface area (Å²) in [6, 6.07) is 4.72. The highest BCUT2D eigenvalue weighted by Crippen LogP contribution is 2.23. The van der Waals surface area contributed by atoms with E-state index in [1.54, 1.807) is 0 Å². The van der Waals surface area contributed by atoms with Gasteiger partial charge in [0.15, 0.2) is 0 Å². The van der Waals surface area contributed by atoms with E-state index in [2.05, 4.69) is 10.6 Å². The van der Waals surface area contributed by atoms with Crippen LogP contribution in [0.1, 0.15) is 64.4 Å². The van der Waals surface area contributed by atoms with Crippen molar-refractivity contribution in [2.75, 3.05) is 13.1 Å². The number of amides is 4. The SMILES string of the molecule is CC[C@H](C)[C@H](NC(=O)[C@@H]1CCCN1C(=O)[C@H](CCC(=O)O)NC(=O)[C@@H](N)Cc1ccccc1)C(=O)N1CCC[C@H]1C=O. The molecule has 2 saturated heterocycles. The molecule has 2 fully saturated rings. The van der Waals surface area contributed by atoms with E-state index in [9.17, 15) is 33.9 Å². The van der Waals surface area contributed by atoms with E-state index in [4.69, 9.17) is 5.73 Å². The summed E-state index contributed by atoms with van der Waals surface area (Å²) < 4.78 is 0. The zero-order valence-electron chi connectivity index (χ0n) is 24.4. The highest BCUT2D eigenvalue weighted by Gasteiger charge is 2.41. The number of hydrogen-bond acceptors (Lipinski definition) is 7. The molecule has 0 spiro atoms. The molecule has 12 nitrogen and oxygen atoms in total. The fraction of sp³-hybridized carbons (Fsp3) is 0.600. The van der Waals surface area contributed by atoms with Gasteiger partial charge in [0.05, 0.1) is 12.1 Å². The Morgan fingerprint density at radius 2 is 1.69 bits per heavy atom. The normalized spacial score (nSPS) is 21.2. The Kier molecular flexibility index (Phi) is 12.0. The Bertz CT molecular complexity index is 1130. The van der Waals surface area contributed by atoms with E-state index in [0.717, 1.165) is 11.8 Å². The number of aliphatic carboxylic acids is 1. The van der Waals surface area contributed by atoms with Gasteiger partial charge in [-0.25, -0.2) is 0 Å². The maximum atomic E-state index is 13.7. The molecule has 230 valence electrons. The summed E-state index contributed by atoms with van der Waals surface area (Å²) in [5.74, 6) is -3.32. The molecular formula is C30H43N5O7. The van der Waals surface area contributed by atoms with Crippen molar-refractivity contribution in [3.05, 3.63) is 35.9 Å². The van der Waals surface area contributed by atoms with Crippen molar-refractivity contribution < 1.29 is 33.9 Å². The Morgan fingerprint density at radius 3 is 2.33 bits per heavy atom. The molecule has 0 radical (unpaired) electrons. The van der Waals surface area contributed by atoms with E-state index in [1.165, 1.54) is 9.80 Å². The number of nitrogens with zero attached hydrogens (tertiary/aromatic N) is 2. The minimum Gasteiger partial charge on any atom is -0.481 e. The highest BCUT2D eigenvalue weighted by molar-refractivity contribution is 5.96. The molecule has 1 aromatic carbocycles. The molecule has 12 heteroatoms. The molecule has 0 bridgehead atoms. The zero-order valence-corrected chi connectivity index (χ0v) is 24.4. The summed E-state index contributed by atoms with van der Waals surface area (Å²) in [6.07, 6.45) is 3.23. The first-order valence-corrected chi connectivity index (χ1v) is 14.8. The van der Waals surface area contributed by atoms with Gasteiger partial charge >= 0.3 is 5.97 Å². The largest absolute Gasteiger partial charge is 0.481 e. The Labute approximate surface area is 246 Å². The van der Waals surface area contributed by atoms with Crippen LogP contribution >= 0.6 is 0 Å². The van der Waals surface area contributed by atoms with Crippen molar-refractivity contribution >= 4 is 35.9 Å². The predicted octanol–water partition coefficient (Wildman–Crippen LogP) is 0.618. The molecule has 0 saturated carbocycles. The number of likely N-dealkylation sites (tertiary alicyclic amines) is 2. The summed E-state index contributed by atoms with van der Waals surface area (Å²) in [6.45, 7) is 4.44. The van der Waals surface area contributed by atoms with Gasteiger partial charge in [-0.3, -0.25) is 24.0 Å². The predicted molar refractivity (Wildman–Crippen MR) is 154 cm³/mol. The summed E-state index contributed by atoms with van der Waals surface area (Å²) >= 11 is 0. The van der Waals surface area contributed by atoms with Crippen molar-refractivity contribution in [3.8, 4) is 0 Å². The third-order valence-corrected chi connectivity index (χ3v) is 8.25. The van der Waals surface area contributed by atoms with Crippen LogP contribution in [0.25, 0.3) is 0 Å². The van der Waals surface area contributed by atoms with E-state index >= 15 is 0 Å². The lowest BCUT2D eigenvalue weighted by molar-refractivity contribution is -0.144. The number of carbonyl (C=O) groups excluding carboxylic acids is 5. The second-order valence-corrected chi connectivity index (χ2v) is 11.2. The molecule has 0 aromatic heterocycles. The van der Waals surface area contributed by atoms with Crippen molar-refractivity contribution in [2.45, 2.75) is 95.4 Å². The number of hydrogen-bond donors (Lipinski definition) is 4. The Hall–Kier alpha value is -3.80. The van der Waals surface area contributed by atoms with Crippen LogP contribution in [0.3, 0.4) is 0 Å². The third kappa shape index (κ3) is 8.37. The van der Waals surface area contributed by atoms with E-state index < -0.39 is 53.9 Å². The first kappa shape index (κ1) is 32.7. The maximum Gasteiger partial charge on any atom is 0.303 e. The fourth-order valence-electron chi connectivity index (χ4n) is 5.59. The van der Waals surface area contributed by atoms with Gasteiger partial charge in [-0.05, 0) is 50.0 Å². The molecular weight excluding hydrogens is 542 g/mol. The van der Waals surface area contributed by atoms with Gasteiger partial charge in [-0.1, -0.05) is 50.6 Å². The number of aldehydes is 1. The highest BCUT2D eigenvalue weighted by atomic mass is 16.4. The van der Waals surface area contributed by atoms with Gasteiger partial charge < -0.3 is 36.1 Å². The van der Waals surface area contributed by atoms with Crippen LogP contribution in [0.15, 0.2) is 30.3 Å². The van der Waals surface area contributed by atoms with E-state index in [1.807, 2.05) is 44.2 Å². The first-order chi connectivity index (χ1) is 20.1. The van der Waals surface area contributed by atoms with Gasteiger partial charge in [0.2, 0.25) is 23.6 Å². The number of nitrogens with one attached hydrogen (secondary N) is 2. The minimum absolute atomic E-state index is 0.168. The molecule has 2 aliphatic rings. The quantitative estimate of drug-likeness (QED) is 0.229. The first-order valence-electron chi connectivity index (χ1n) is 14.8. The lowest BCUT2D eigenvalue weighted by Crippen LogP contribution is -2.59. The smallest absolute Gasteiger partial charge is 0.303 e. The Morgan fingerprint density at radius 1 is 1.02 bits per heavy atom. The van der Waals surface area contributed by atoms with Crippen LogP contribution in [0.4, 0.5) is 0 Å². The van der Waals surface area contributed by atoms with Gasteiger partial charge in [-0.15, -0.1) is 0 Å². The van der Waals surface area contributed by atoms with Crippen LogP contribution in [0.2, 0.25) is 0 Å². The third-order valence-electron chi connectivity index (χ3n) is 8.25. The van der Waals surface area contributed by atoms with Crippen molar-refractivity contribution in [1.29, 1.82) is 0 Å². The Balaban J connectivity index is 1.73. The second kappa shape index (κ2) is 15.4. The zero-order chi connectivity index (χ0) is 30.8. The van der Waals surface area contributed by atoms with Crippen LogP contribution in [0.5, 0.6) is 0 Å². The molecule has 2 aliphatic heterocycles. The molecule has 3 rings (SSSR count). The molecule has 0 aliphatic carbocycles. The molecule has 42 heavy (non-hydrogen) atoms. The van der Waals surface area contributed by atoms with E-state index in [0.29, 0.717) is 38.6 Å². The van der Waals surface area contributed by atoms with Gasteiger partial charge in [0.25, 0.3) is 0 Å². The van der Waals surface area contributed by atoms with Crippen molar-refractivity contribution in [1.82, 2.24) is 20.4 Å². The van der Waals surface area contributed by atoms with Gasteiger partial charge in [-0.2, -0.15) is 0 Å². The minimum atomic E-state index is -1.19.